The lowest BCUT2D eigenvalue weighted by molar-refractivity contribution is -0.123. The van der Waals surface area contributed by atoms with Gasteiger partial charge in [0.15, 0.2) is 0 Å². The Bertz CT molecular complexity index is 247. The van der Waals surface area contributed by atoms with Gasteiger partial charge in [-0.2, -0.15) is 0 Å². The smallest absolute Gasteiger partial charge is 0.237 e. The van der Waals surface area contributed by atoms with E-state index in [0.717, 1.165) is 18.9 Å². The van der Waals surface area contributed by atoms with Crippen molar-refractivity contribution in [3.8, 4) is 0 Å². The van der Waals surface area contributed by atoms with E-state index in [1.807, 2.05) is 6.92 Å². The molecule has 1 fully saturated rings. The number of hydrogen-bond acceptors (Lipinski definition) is 2. The third-order valence-electron chi connectivity index (χ3n) is 4.67. The Kier molecular flexibility index (Phi) is 6.69. The normalized spacial score (nSPS) is 27.6. The lowest BCUT2D eigenvalue weighted by Gasteiger charge is -2.28. The van der Waals surface area contributed by atoms with Crippen LogP contribution in [0.3, 0.4) is 0 Å². The van der Waals surface area contributed by atoms with Crippen molar-refractivity contribution < 1.29 is 4.79 Å². The number of nitrogens with one attached hydrogen (secondary N) is 1. The second-order valence-electron chi connectivity index (χ2n) is 5.95. The maximum atomic E-state index is 11.9. The standard InChI is InChI=1S/C15H30N2O/c1-4-11(3)14(16)15(18)17-10-13-8-6-12(5-2)7-9-13/h11-14H,4-10,16H2,1-3H3,(H,17,18)/t11-,12?,13?,14-/m0/s1. The molecule has 2 atom stereocenters. The van der Waals surface area contributed by atoms with Gasteiger partial charge < -0.3 is 11.1 Å². The molecule has 0 aromatic rings. The molecule has 0 spiro atoms. The van der Waals surface area contributed by atoms with Crippen LogP contribution >= 0.6 is 0 Å². The Hall–Kier alpha value is -0.570. The van der Waals surface area contributed by atoms with Gasteiger partial charge in [0.1, 0.15) is 0 Å². The van der Waals surface area contributed by atoms with E-state index in [2.05, 4.69) is 19.2 Å². The Morgan fingerprint density at radius 3 is 2.28 bits per heavy atom. The van der Waals surface area contributed by atoms with Crippen molar-refractivity contribution >= 4 is 5.91 Å². The van der Waals surface area contributed by atoms with Crippen LogP contribution in [0.25, 0.3) is 0 Å². The highest BCUT2D eigenvalue weighted by Gasteiger charge is 2.23. The maximum absolute atomic E-state index is 11.9. The van der Waals surface area contributed by atoms with Gasteiger partial charge in [0.05, 0.1) is 6.04 Å². The Morgan fingerprint density at radius 2 is 1.78 bits per heavy atom. The summed E-state index contributed by atoms with van der Waals surface area (Å²) in [5.74, 6) is 1.88. The van der Waals surface area contributed by atoms with Crippen molar-refractivity contribution in [1.82, 2.24) is 5.32 Å². The first-order valence-corrected chi connectivity index (χ1v) is 7.61. The van der Waals surface area contributed by atoms with Crippen LogP contribution in [-0.2, 0) is 4.79 Å². The largest absolute Gasteiger partial charge is 0.354 e. The van der Waals surface area contributed by atoms with E-state index in [9.17, 15) is 4.79 Å². The van der Waals surface area contributed by atoms with Gasteiger partial charge in [0.2, 0.25) is 5.91 Å². The first-order valence-electron chi connectivity index (χ1n) is 7.61. The molecule has 0 bridgehead atoms. The molecule has 0 aromatic heterocycles. The average molecular weight is 254 g/mol. The summed E-state index contributed by atoms with van der Waals surface area (Å²) in [4.78, 5) is 11.9. The fourth-order valence-electron chi connectivity index (χ4n) is 2.72. The molecule has 1 aliphatic rings. The van der Waals surface area contributed by atoms with E-state index in [1.165, 1.54) is 32.1 Å². The van der Waals surface area contributed by atoms with Crippen LogP contribution in [-0.4, -0.2) is 18.5 Å². The summed E-state index contributed by atoms with van der Waals surface area (Å²) in [6, 6.07) is -0.345. The number of carbonyl (C=O) groups excluding carboxylic acids is 1. The molecule has 0 aliphatic heterocycles. The highest BCUT2D eigenvalue weighted by molar-refractivity contribution is 5.81. The van der Waals surface area contributed by atoms with Crippen LogP contribution in [0.15, 0.2) is 0 Å². The second kappa shape index (κ2) is 7.78. The molecule has 0 heterocycles. The van der Waals surface area contributed by atoms with Crippen molar-refractivity contribution in [1.29, 1.82) is 0 Å². The molecule has 18 heavy (non-hydrogen) atoms. The monoisotopic (exact) mass is 254 g/mol. The van der Waals surface area contributed by atoms with Crippen LogP contribution in [0.4, 0.5) is 0 Å². The molecule has 106 valence electrons. The predicted molar refractivity (Wildman–Crippen MR) is 76.2 cm³/mol. The molecular weight excluding hydrogens is 224 g/mol. The molecule has 3 nitrogen and oxygen atoms in total. The zero-order valence-electron chi connectivity index (χ0n) is 12.2. The number of nitrogens with two attached hydrogens (primary N) is 1. The summed E-state index contributed by atoms with van der Waals surface area (Å²) in [7, 11) is 0. The van der Waals surface area contributed by atoms with Gasteiger partial charge >= 0.3 is 0 Å². The number of carbonyl (C=O) groups is 1. The molecule has 3 N–H and O–H groups in total. The highest BCUT2D eigenvalue weighted by Crippen LogP contribution is 2.30. The zero-order valence-corrected chi connectivity index (χ0v) is 12.2. The topological polar surface area (TPSA) is 55.1 Å². The minimum absolute atomic E-state index is 0.0296. The molecule has 3 heteroatoms. The molecule has 0 radical (unpaired) electrons. The van der Waals surface area contributed by atoms with Gasteiger partial charge in [0, 0.05) is 6.54 Å². The maximum Gasteiger partial charge on any atom is 0.237 e. The summed E-state index contributed by atoms with van der Waals surface area (Å²) in [6.45, 7) is 7.21. The van der Waals surface area contributed by atoms with Crippen molar-refractivity contribution in [2.45, 2.75) is 65.3 Å². The lowest BCUT2D eigenvalue weighted by atomic mass is 9.81. The summed E-state index contributed by atoms with van der Waals surface area (Å²) in [5.41, 5.74) is 5.92. The van der Waals surface area contributed by atoms with Gasteiger partial charge in [-0.25, -0.2) is 0 Å². The first kappa shape index (κ1) is 15.5. The van der Waals surface area contributed by atoms with E-state index in [4.69, 9.17) is 5.73 Å². The van der Waals surface area contributed by atoms with Gasteiger partial charge in [-0.15, -0.1) is 0 Å². The molecule has 0 unspecified atom stereocenters. The van der Waals surface area contributed by atoms with Gasteiger partial charge in [0.25, 0.3) is 0 Å². The Labute approximate surface area is 112 Å². The lowest BCUT2D eigenvalue weighted by Crippen LogP contribution is -2.46. The number of hydrogen-bond donors (Lipinski definition) is 2. The van der Waals surface area contributed by atoms with E-state index in [-0.39, 0.29) is 17.9 Å². The molecule has 1 amide bonds. The third kappa shape index (κ3) is 4.60. The Balaban J connectivity index is 2.23. The minimum atomic E-state index is -0.345. The van der Waals surface area contributed by atoms with Crippen LogP contribution in [0.5, 0.6) is 0 Å². The van der Waals surface area contributed by atoms with Crippen LogP contribution in [0.2, 0.25) is 0 Å². The third-order valence-corrected chi connectivity index (χ3v) is 4.67. The first-order chi connectivity index (χ1) is 8.58. The summed E-state index contributed by atoms with van der Waals surface area (Å²) in [5, 5.41) is 3.04. The second-order valence-corrected chi connectivity index (χ2v) is 5.95. The molecule has 1 rings (SSSR count). The Morgan fingerprint density at radius 1 is 1.22 bits per heavy atom. The summed E-state index contributed by atoms with van der Waals surface area (Å²) in [6.07, 6.45) is 7.44. The minimum Gasteiger partial charge on any atom is -0.354 e. The van der Waals surface area contributed by atoms with Crippen LogP contribution in [0, 0.1) is 17.8 Å². The zero-order chi connectivity index (χ0) is 13.5. The predicted octanol–water partition coefficient (Wildman–Crippen LogP) is 2.69. The molecule has 0 aromatic carbocycles. The van der Waals surface area contributed by atoms with Gasteiger partial charge in [-0.1, -0.05) is 46.5 Å². The number of amides is 1. The fourth-order valence-corrected chi connectivity index (χ4v) is 2.72. The van der Waals surface area contributed by atoms with Crippen molar-refractivity contribution in [2.24, 2.45) is 23.5 Å². The molecule has 0 saturated heterocycles. The molecule has 1 aliphatic carbocycles. The average Bonchev–Trinajstić information content (AvgIpc) is 2.43. The van der Waals surface area contributed by atoms with Crippen molar-refractivity contribution in [3.05, 3.63) is 0 Å². The molecule has 1 saturated carbocycles. The van der Waals surface area contributed by atoms with Crippen molar-refractivity contribution in [2.75, 3.05) is 6.54 Å². The van der Waals surface area contributed by atoms with Crippen LogP contribution in [0.1, 0.15) is 59.3 Å². The van der Waals surface area contributed by atoms with Crippen LogP contribution < -0.4 is 11.1 Å². The summed E-state index contributed by atoms with van der Waals surface area (Å²) >= 11 is 0. The quantitative estimate of drug-likeness (QED) is 0.765. The van der Waals surface area contributed by atoms with Crippen molar-refractivity contribution in [3.63, 3.8) is 0 Å². The fraction of sp³-hybridized carbons (Fsp3) is 0.933. The van der Waals surface area contributed by atoms with Gasteiger partial charge in [-0.05, 0) is 30.6 Å². The summed E-state index contributed by atoms with van der Waals surface area (Å²) < 4.78 is 0. The molecular formula is C15H30N2O. The van der Waals surface area contributed by atoms with E-state index in [1.54, 1.807) is 0 Å². The highest BCUT2D eigenvalue weighted by atomic mass is 16.2. The van der Waals surface area contributed by atoms with Gasteiger partial charge in [-0.3, -0.25) is 4.79 Å². The SMILES string of the molecule is CCC1CCC(CNC(=O)[C@@H](N)[C@@H](C)CC)CC1. The van der Waals surface area contributed by atoms with E-state index < -0.39 is 0 Å². The van der Waals surface area contributed by atoms with E-state index in [0.29, 0.717) is 5.92 Å². The van der Waals surface area contributed by atoms with E-state index >= 15 is 0 Å². The number of rotatable bonds is 6.